The average molecular weight is 305 g/mol. The van der Waals surface area contributed by atoms with Gasteiger partial charge in [0.05, 0.1) is 4.90 Å². The van der Waals surface area contributed by atoms with Crippen molar-refractivity contribution in [1.82, 2.24) is 4.98 Å². The Balaban J connectivity index is 2.25. The summed E-state index contributed by atoms with van der Waals surface area (Å²) in [7, 11) is -3.76. The van der Waals surface area contributed by atoms with Crippen LogP contribution in [0, 0.1) is 13.8 Å². The van der Waals surface area contributed by atoms with E-state index in [0.717, 1.165) is 5.69 Å². The van der Waals surface area contributed by atoms with Gasteiger partial charge in [0, 0.05) is 11.4 Å². The summed E-state index contributed by atoms with van der Waals surface area (Å²) in [5.74, 6) is -0.360. The maximum atomic E-state index is 12.0. The van der Waals surface area contributed by atoms with Crippen molar-refractivity contribution in [2.75, 3.05) is 5.32 Å². The molecule has 110 valence electrons. The molecule has 1 aromatic heterocycles. The summed E-state index contributed by atoms with van der Waals surface area (Å²) in [5.41, 5.74) is 1.98. The molecule has 0 radical (unpaired) electrons. The van der Waals surface area contributed by atoms with Crippen LogP contribution in [0.1, 0.15) is 21.7 Å². The fourth-order valence-corrected chi connectivity index (χ4v) is 2.68. The van der Waals surface area contributed by atoms with Crippen molar-refractivity contribution in [3.8, 4) is 0 Å². The number of hydrogen-bond donors (Lipinski definition) is 2. The lowest BCUT2D eigenvalue weighted by molar-refractivity contribution is 0.102. The molecule has 2 aromatic rings. The monoisotopic (exact) mass is 305 g/mol. The third kappa shape index (κ3) is 3.65. The highest BCUT2D eigenvalue weighted by molar-refractivity contribution is 7.89. The number of hydrogen-bond acceptors (Lipinski definition) is 4. The van der Waals surface area contributed by atoms with E-state index in [1.807, 2.05) is 0 Å². The van der Waals surface area contributed by atoms with Crippen molar-refractivity contribution < 1.29 is 13.2 Å². The number of rotatable bonds is 3. The molecule has 3 N–H and O–H groups in total. The summed E-state index contributed by atoms with van der Waals surface area (Å²) in [6, 6.07) is 9.54. The minimum Gasteiger partial charge on any atom is -0.321 e. The normalized spacial score (nSPS) is 11.2. The van der Waals surface area contributed by atoms with Crippen molar-refractivity contribution >= 4 is 21.6 Å². The Morgan fingerprint density at radius 2 is 1.90 bits per heavy atom. The molecule has 1 aromatic carbocycles. The van der Waals surface area contributed by atoms with E-state index in [9.17, 15) is 13.2 Å². The number of amides is 1. The van der Waals surface area contributed by atoms with Crippen LogP contribution >= 0.6 is 0 Å². The minimum atomic E-state index is -3.76. The molecule has 0 saturated heterocycles. The molecule has 1 heterocycles. The van der Waals surface area contributed by atoms with Crippen LogP contribution in [0.2, 0.25) is 0 Å². The molecular weight excluding hydrogens is 290 g/mol. The fraction of sp³-hybridized carbons (Fsp3) is 0.143. The number of primary sulfonamides is 1. The van der Waals surface area contributed by atoms with Crippen molar-refractivity contribution in [3.63, 3.8) is 0 Å². The molecule has 21 heavy (non-hydrogen) atoms. The lowest BCUT2D eigenvalue weighted by atomic mass is 10.2. The Hall–Kier alpha value is -2.25. The van der Waals surface area contributed by atoms with Gasteiger partial charge in [-0.05, 0) is 49.7 Å². The summed E-state index contributed by atoms with van der Waals surface area (Å²) < 4.78 is 22.7. The van der Waals surface area contributed by atoms with Gasteiger partial charge in [-0.25, -0.2) is 18.5 Å². The second-order valence-electron chi connectivity index (χ2n) is 4.64. The third-order valence-electron chi connectivity index (χ3n) is 2.86. The van der Waals surface area contributed by atoms with Gasteiger partial charge in [0.1, 0.15) is 5.69 Å². The van der Waals surface area contributed by atoms with E-state index in [1.54, 1.807) is 38.1 Å². The van der Waals surface area contributed by atoms with Crippen LogP contribution in [0.4, 0.5) is 5.69 Å². The molecule has 0 unspecified atom stereocenters. The molecule has 6 nitrogen and oxygen atoms in total. The van der Waals surface area contributed by atoms with E-state index in [-0.39, 0.29) is 10.8 Å². The Bertz CT molecular complexity index is 801. The van der Waals surface area contributed by atoms with Gasteiger partial charge < -0.3 is 5.32 Å². The predicted octanol–water partition coefficient (Wildman–Crippen LogP) is 1.60. The Kier molecular flexibility index (Phi) is 4.06. The van der Waals surface area contributed by atoms with Gasteiger partial charge in [-0.15, -0.1) is 0 Å². The zero-order valence-corrected chi connectivity index (χ0v) is 12.4. The first-order chi connectivity index (χ1) is 9.77. The summed E-state index contributed by atoms with van der Waals surface area (Å²) >= 11 is 0. The van der Waals surface area contributed by atoms with Crippen molar-refractivity contribution in [1.29, 1.82) is 0 Å². The number of aromatic nitrogens is 1. The number of carbonyl (C=O) groups is 1. The van der Waals surface area contributed by atoms with E-state index >= 15 is 0 Å². The topological polar surface area (TPSA) is 102 Å². The van der Waals surface area contributed by atoms with Crippen molar-refractivity contribution in [2.45, 2.75) is 18.7 Å². The van der Waals surface area contributed by atoms with Crippen LogP contribution in [0.15, 0.2) is 41.3 Å². The van der Waals surface area contributed by atoms with Crippen LogP contribution in [0.3, 0.4) is 0 Å². The molecule has 0 atom stereocenters. The minimum absolute atomic E-state index is 0.0363. The van der Waals surface area contributed by atoms with Gasteiger partial charge in [0.25, 0.3) is 5.91 Å². The molecule has 2 rings (SSSR count). The van der Waals surface area contributed by atoms with Crippen molar-refractivity contribution in [2.24, 2.45) is 5.14 Å². The molecule has 1 amide bonds. The second-order valence-corrected chi connectivity index (χ2v) is 6.17. The summed E-state index contributed by atoms with van der Waals surface area (Å²) in [6.07, 6.45) is 0. The Labute approximate surface area is 123 Å². The maximum Gasteiger partial charge on any atom is 0.274 e. The van der Waals surface area contributed by atoms with Crippen molar-refractivity contribution in [3.05, 3.63) is 53.3 Å². The number of sulfonamides is 1. The number of pyridine rings is 1. The number of nitrogens with two attached hydrogens (primary N) is 1. The molecule has 0 saturated carbocycles. The highest BCUT2D eigenvalue weighted by Crippen LogP contribution is 2.19. The number of carbonyl (C=O) groups excluding carboxylic acids is 1. The van der Waals surface area contributed by atoms with Crippen LogP contribution in [0.5, 0.6) is 0 Å². The Morgan fingerprint density at radius 3 is 2.48 bits per heavy atom. The quantitative estimate of drug-likeness (QED) is 0.899. The van der Waals surface area contributed by atoms with Crippen LogP contribution in [0.25, 0.3) is 0 Å². The highest BCUT2D eigenvalue weighted by atomic mass is 32.2. The molecule has 0 spiro atoms. The molecule has 0 aliphatic rings. The maximum absolute atomic E-state index is 12.0. The summed E-state index contributed by atoms with van der Waals surface area (Å²) in [4.78, 5) is 16.2. The molecule has 0 aliphatic heterocycles. The second kappa shape index (κ2) is 5.63. The van der Waals surface area contributed by atoms with Crippen LogP contribution in [-0.4, -0.2) is 19.3 Å². The van der Waals surface area contributed by atoms with Gasteiger partial charge in [0.2, 0.25) is 10.0 Å². The van der Waals surface area contributed by atoms with E-state index in [0.29, 0.717) is 16.9 Å². The van der Waals surface area contributed by atoms with E-state index in [4.69, 9.17) is 5.14 Å². The van der Waals surface area contributed by atoms with Crippen LogP contribution < -0.4 is 10.5 Å². The predicted molar refractivity (Wildman–Crippen MR) is 79.5 cm³/mol. The molecule has 0 fully saturated rings. The summed E-state index contributed by atoms with van der Waals surface area (Å²) in [5, 5.41) is 7.76. The van der Waals surface area contributed by atoms with Gasteiger partial charge in [-0.3, -0.25) is 4.79 Å². The third-order valence-corrected chi connectivity index (χ3v) is 3.93. The number of aryl methyl sites for hydroxylation is 2. The first kappa shape index (κ1) is 15.1. The molecule has 7 heteroatoms. The Morgan fingerprint density at radius 1 is 1.19 bits per heavy atom. The van der Waals surface area contributed by atoms with Gasteiger partial charge in [0.15, 0.2) is 0 Å². The lowest BCUT2D eigenvalue weighted by Gasteiger charge is -2.08. The van der Waals surface area contributed by atoms with E-state index in [1.165, 1.54) is 12.1 Å². The molecule has 0 aliphatic carbocycles. The standard InChI is InChI=1S/C14H15N3O3S/c1-9-8-11(6-7-13(9)21(15,19)20)17-14(18)12-5-3-4-10(2)16-12/h3-8H,1-2H3,(H,17,18)(H2,15,19,20). The smallest absolute Gasteiger partial charge is 0.274 e. The van der Waals surface area contributed by atoms with E-state index in [2.05, 4.69) is 10.3 Å². The SMILES string of the molecule is Cc1cccc(C(=O)Nc2ccc(S(N)(=O)=O)c(C)c2)n1. The van der Waals surface area contributed by atoms with Gasteiger partial charge in [-0.1, -0.05) is 6.07 Å². The van der Waals surface area contributed by atoms with Crippen LogP contribution in [-0.2, 0) is 10.0 Å². The fourth-order valence-electron chi connectivity index (χ4n) is 1.91. The van der Waals surface area contributed by atoms with Gasteiger partial charge >= 0.3 is 0 Å². The number of benzene rings is 1. The summed E-state index contributed by atoms with van der Waals surface area (Å²) in [6.45, 7) is 3.40. The van der Waals surface area contributed by atoms with E-state index < -0.39 is 10.0 Å². The molecule has 0 bridgehead atoms. The zero-order chi connectivity index (χ0) is 15.6. The number of nitrogens with zero attached hydrogens (tertiary/aromatic N) is 1. The number of anilines is 1. The molecular formula is C14H15N3O3S. The zero-order valence-electron chi connectivity index (χ0n) is 11.6. The average Bonchev–Trinajstić information content (AvgIpc) is 2.37. The number of nitrogens with one attached hydrogen (secondary N) is 1. The lowest BCUT2D eigenvalue weighted by Crippen LogP contribution is -2.16. The first-order valence-corrected chi connectivity index (χ1v) is 7.70. The van der Waals surface area contributed by atoms with Gasteiger partial charge in [-0.2, -0.15) is 0 Å². The first-order valence-electron chi connectivity index (χ1n) is 6.16. The highest BCUT2D eigenvalue weighted by Gasteiger charge is 2.13. The largest absolute Gasteiger partial charge is 0.321 e.